The van der Waals surface area contributed by atoms with Crippen LogP contribution in [-0.2, 0) is 19.1 Å². The van der Waals surface area contributed by atoms with Crippen LogP contribution in [0.5, 0.6) is 23.0 Å². The molecule has 1 aliphatic heterocycles. The third-order valence-electron chi connectivity index (χ3n) is 7.74. The highest BCUT2D eigenvalue weighted by Gasteiger charge is 2.41. The van der Waals surface area contributed by atoms with E-state index in [0.717, 1.165) is 17.0 Å². The van der Waals surface area contributed by atoms with Gasteiger partial charge < -0.3 is 29.0 Å². The van der Waals surface area contributed by atoms with Crippen molar-refractivity contribution in [2.75, 3.05) is 27.4 Å². The van der Waals surface area contributed by atoms with Crippen molar-refractivity contribution >= 4 is 17.7 Å². The molecule has 3 aromatic rings. The molecule has 0 amide bonds. The van der Waals surface area contributed by atoms with Crippen LogP contribution < -0.4 is 24.3 Å². The van der Waals surface area contributed by atoms with Crippen molar-refractivity contribution < 1.29 is 38.1 Å². The molecule has 1 aliphatic carbocycles. The first-order valence-electron chi connectivity index (χ1n) is 14.4. The van der Waals surface area contributed by atoms with Gasteiger partial charge in [0, 0.05) is 36.2 Å². The molecule has 0 saturated heterocycles. The number of allylic oxidation sites excluding steroid dienone is 3. The lowest BCUT2D eigenvalue weighted by Crippen LogP contribution is -2.36. The van der Waals surface area contributed by atoms with Crippen LogP contribution in [0.1, 0.15) is 49.7 Å². The van der Waals surface area contributed by atoms with Crippen molar-refractivity contribution in [2.45, 2.75) is 38.5 Å². The van der Waals surface area contributed by atoms with E-state index in [1.165, 1.54) is 14.0 Å². The van der Waals surface area contributed by atoms with E-state index in [-0.39, 0.29) is 37.1 Å². The van der Waals surface area contributed by atoms with Gasteiger partial charge in [0.1, 0.15) is 24.7 Å². The second-order valence-electron chi connectivity index (χ2n) is 10.6. The van der Waals surface area contributed by atoms with E-state index < -0.39 is 17.9 Å². The van der Waals surface area contributed by atoms with Gasteiger partial charge in [-0.2, -0.15) is 0 Å². The smallest absolute Gasteiger partial charge is 0.336 e. The van der Waals surface area contributed by atoms with Gasteiger partial charge in [-0.1, -0.05) is 36.4 Å². The Morgan fingerprint density at radius 3 is 2.25 bits per heavy atom. The molecule has 0 aromatic heterocycles. The number of methoxy groups -OCH3 is 2. The maximum absolute atomic E-state index is 14.0. The number of carbonyl (C=O) groups excluding carboxylic acids is 3. The number of dihydropyridines is 1. The Morgan fingerprint density at radius 1 is 0.841 bits per heavy atom. The average Bonchev–Trinajstić information content (AvgIpc) is 3.02. The van der Waals surface area contributed by atoms with Crippen molar-refractivity contribution in [3.05, 3.63) is 106 Å². The molecule has 0 bridgehead atoms. The van der Waals surface area contributed by atoms with Crippen molar-refractivity contribution in [3.63, 3.8) is 0 Å². The van der Waals surface area contributed by atoms with Crippen molar-refractivity contribution in [3.8, 4) is 23.0 Å². The molecule has 2 unspecified atom stereocenters. The molecule has 5 rings (SSSR count). The number of carbonyl (C=O) groups is 3. The van der Waals surface area contributed by atoms with Crippen LogP contribution in [0.2, 0.25) is 0 Å². The van der Waals surface area contributed by atoms with Gasteiger partial charge in [-0.3, -0.25) is 9.59 Å². The minimum atomic E-state index is -0.724. The van der Waals surface area contributed by atoms with Gasteiger partial charge in [-0.15, -0.1) is 0 Å². The Balaban J connectivity index is 1.47. The normalized spacial score (nSPS) is 17.8. The number of ether oxygens (including phenoxy) is 5. The number of nitrogens with one attached hydrogen (secondary N) is 1. The quantitative estimate of drug-likeness (QED) is 0.181. The molecule has 44 heavy (non-hydrogen) atoms. The first-order chi connectivity index (χ1) is 21.3. The zero-order valence-corrected chi connectivity index (χ0v) is 25.2. The number of benzene rings is 3. The summed E-state index contributed by atoms with van der Waals surface area (Å²) >= 11 is 0. The number of esters is 2. The van der Waals surface area contributed by atoms with E-state index in [1.807, 2.05) is 54.6 Å². The van der Waals surface area contributed by atoms with Gasteiger partial charge in [0.15, 0.2) is 17.3 Å². The lowest BCUT2D eigenvalue weighted by Gasteiger charge is -2.37. The number of ketones is 1. The standard InChI is InChI=1S/C35H35NO8/c1-21-32(35(39)43-17-16-42-27-8-6-5-7-9-27)33(24-12-15-30(44-22(2)37)31(20-24)41-4)34-28(36-21)18-25(19-29(34)38)23-10-13-26(40-3)14-11-23/h5-15,20,25,33,36H,16-19H2,1-4H3. The fourth-order valence-electron chi connectivity index (χ4n) is 5.75. The van der Waals surface area contributed by atoms with Gasteiger partial charge in [0.2, 0.25) is 0 Å². The van der Waals surface area contributed by atoms with Crippen molar-refractivity contribution in [1.82, 2.24) is 5.32 Å². The van der Waals surface area contributed by atoms with Crippen LogP contribution >= 0.6 is 0 Å². The summed E-state index contributed by atoms with van der Waals surface area (Å²) in [7, 11) is 3.08. The van der Waals surface area contributed by atoms with Crippen LogP contribution in [-0.4, -0.2) is 45.2 Å². The first-order valence-corrected chi connectivity index (χ1v) is 14.4. The maximum atomic E-state index is 14.0. The van der Waals surface area contributed by atoms with Crippen LogP contribution in [0, 0.1) is 0 Å². The summed E-state index contributed by atoms with van der Waals surface area (Å²) in [4.78, 5) is 39.3. The number of Topliss-reactive ketones (excluding diaryl/α,β-unsaturated/α-hetero) is 1. The number of rotatable bonds is 10. The second kappa shape index (κ2) is 13.5. The third kappa shape index (κ3) is 6.62. The van der Waals surface area contributed by atoms with Gasteiger partial charge in [-0.05, 0) is 66.8 Å². The monoisotopic (exact) mass is 597 g/mol. The Bertz CT molecular complexity index is 1610. The van der Waals surface area contributed by atoms with Gasteiger partial charge in [0.25, 0.3) is 0 Å². The zero-order valence-electron chi connectivity index (χ0n) is 25.2. The summed E-state index contributed by atoms with van der Waals surface area (Å²) in [6, 6.07) is 22.0. The van der Waals surface area contributed by atoms with Crippen molar-refractivity contribution in [1.29, 1.82) is 0 Å². The van der Waals surface area contributed by atoms with E-state index in [4.69, 9.17) is 23.7 Å². The second-order valence-corrected chi connectivity index (χ2v) is 10.6. The summed E-state index contributed by atoms with van der Waals surface area (Å²) in [6.07, 6.45) is 0.857. The molecule has 228 valence electrons. The largest absolute Gasteiger partial charge is 0.497 e. The molecular formula is C35H35NO8. The summed E-state index contributed by atoms with van der Waals surface area (Å²) in [5, 5.41) is 3.37. The summed E-state index contributed by atoms with van der Waals surface area (Å²) < 4.78 is 27.5. The van der Waals surface area contributed by atoms with Crippen LogP contribution in [0.4, 0.5) is 0 Å². The van der Waals surface area contributed by atoms with Crippen molar-refractivity contribution in [2.24, 2.45) is 0 Å². The van der Waals surface area contributed by atoms with E-state index in [0.29, 0.717) is 40.3 Å². The molecule has 9 nitrogen and oxygen atoms in total. The summed E-state index contributed by atoms with van der Waals surface area (Å²) in [5.41, 5.74) is 3.85. The Labute approximate surface area is 256 Å². The van der Waals surface area contributed by atoms with Crippen LogP contribution in [0.3, 0.4) is 0 Å². The van der Waals surface area contributed by atoms with E-state index in [9.17, 15) is 14.4 Å². The fraction of sp³-hybridized carbons (Fsp3) is 0.286. The molecule has 1 heterocycles. The molecule has 2 aliphatic rings. The SMILES string of the molecule is COc1ccc(C2CC(=O)C3=C(C2)NC(C)=C(C(=O)OCCOc2ccccc2)C3c2ccc(OC(C)=O)c(OC)c2)cc1. The fourth-order valence-corrected chi connectivity index (χ4v) is 5.75. The molecule has 1 N–H and O–H groups in total. The first kappa shape index (κ1) is 30.4. The van der Waals surface area contributed by atoms with E-state index in [2.05, 4.69) is 5.32 Å². The number of hydrogen-bond donors (Lipinski definition) is 1. The van der Waals surface area contributed by atoms with Gasteiger partial charge >= 0.3 is 11.9 Å². The van der Waals surface area contributed by atoms with E-state index in [1.54, 1.807) is 32.2 Å². The average molecular weight is 598 g/mol. The minimum Gasteiger partial charge on any atom is -0.497 e. The van der Waals surface area contributed by atoms with Crippen LogP contribution in [0.25, 0.3) is 0 Å². The topological polar surface area (TPSA) is 109 Å². The third-order valence-corrected chi connectivity index (χ3v) is 7.74. The summed E-state index contributed by atoms with van der Waals surface area (Å²) in [6.45, 7) is 3.30. The Morgan fingerprint density at radius 2 is 1.57 bits per heavy atom. The van der Waals surface area contributed by atoms with Gasteiger partial charge in [0.05, 0.1) is 19.8 Å². The van der Waals surface area contributed by atoms with E-state index >= 15 is 0 Å². The molecule has 9 heteroatoms. The zero-order chi connectivity index (χ0) is 31.2. The molecule has 2 atom stereocenters. The Kier molecular flexibility index (Phi) is 9.33. The lowest BCUT2D eigenvalue weighted by atomic mass is 9.71. The molecule has 0 saturated carbocycles. The molecule has 3 aromatic carbocycles. The predicted molar refractivity (Wildman–Crippen MR) is 163 cm³/mol. The molecular weight excluding hydrogens is 562 g/mol. The van der Waals surface area contributed by atoms with Gasteiger partial charge in [-0.25, -0.2) is 4.79 Å². The molecule has 0 fully saturated rings. The Hall–Kier alpha value is -5.05. The summed E-state index contributed by atoms with van der Waals surface area (Å²) in [5.74, 6) is 0.0699. The number of para-hydroxylation sites is 1. The predicted octanol–water partition coefficient (Wildman–Crippen LogP) is 5.61. The molecule has 0 radical (unpaired) electrons. The highest BCUT2D eigenvalue weighted by atomic mass is 16.6. The molecule has 0 spiro atoms. The number of hydrogen-bond acceptors (Lipinski definition) is 9. The maximum Gasteiger partial charge on any atom is 0.336 e. The lowest BCUT2D eigenvalue weighted by molar-refractivity contribution is -0.140. The minimum absolute atomic E-state index is 0.0192. The highest BCUT2D eigenvalue weighted by molar-refractivity contribution is 6.04. The highest BCUT2D eigenvalue weighted by Crippen LogP contribution is 2.47. The van der Waals surface area contributed by atoms with Crippen LogP contribution in [0.15, 0.2) is 95.3 Å².